The van der Waals surface area contributed by atoms with Crippen LogP contribution in [0, 0.1) is 11.3 Å². The van der Waals surface area contributed by atoms with E-state index in [9.17, 15) is 49.5 Å². The second-order valence-electron chi connectivity index (χ2n) is 11.6. The molecule has 226 valence electrons. The van der Waals surface area contributed by atoms with Crippen LogP contribution in [0.4, 0.5) is 0 Å². The van der Waals surface area contributed by atoms with Crippen molar-refractivity contribution < 1.29 is 59.0 Å². The zero-order chi connectivity index (χ0) is 31.6. The highest BCUT2D eigenvalue weighted by Crippen LogP contribution is 2.59. The smallest absolute Gasteiger partial charge is 0.358 e. The molecule has 1 aliphatic heterocycles. The number of rotatable bonds is 1. The lowest BCUT2D eigenvalue weighted by atomic mass is 9.53. The number of hydrogen-bond acceptors (Lipinski definition) is 12. The number of ether oxygens (including phenoxy) is 2. The van der Waals surface area contributed by atoms with Gasteiger partial charge in [0.05, 0.1) is 40.5 Å². The summed E-state index contributed by atoms with van der Waals surface area (Å²) in [5.74, 6) is -10.3. The van der Waals surface area contributed by atoms with E-state index in [4.69, 9.17) is 21.1 Å². The van der Waals surface area contributed by atoms with Crippen LogP contribution in [-0.4, -0.2) is 73.4 Å². The van der Waals surface area contributed by atoms with E-state index in [1.165, 1.54) is 12.2 Å². The summed E-state index contributed by atoms with van der Waals surface area (Å²) in [5, 5.41) is 54.3. The number of aliphatic hydroxyl groups is 2. The minimum atomic E-state index is -2.50. The first-order valence-electron chi connectivity index (χ1n) is 13.7. The summed E-state index contributed by atoms with van der Waals surface area (Å²) < 4.78 is 10.8. The van der Waals surface area contributed by atoms with Gasteiger partial charge >= 0.3 is 5.97 Å². The second kappa shape index (κ2) is 8.93. The van der Waals surface area contributed by atoms with Crippen LogP contribution in [0.15, 0.2) is 29.9 Å². The van der Waals surface area contributed by atoms with Gasteiger partial charge < -0.3 is 35.0 Å². The van der Waals surface area contributed by atoms with Crippen LogP contribution in [0.2, 0.25) is 5.02 Å². The Kier molecular flexibility index (Phi) is 5.70. The molecule has 0 amide bonds. The van der Waals surface area contributed by atoms with E-state index in [0.29, 0.717) is 0 Å². The van der Waals surface area contributed by atoms with Crippen molar-refractivity contribution in [1.29, 1.82) is 0 Å². The van der Waals surface area contributed by atoms with E-state index in [0.717, 1.165) is 19.2 Å². The van der Waals surface area contributed by atoms with E-state index < -0.39 is 98.0 Å². The van der Waals surface area contributed by atoms with Crippen molar-refractivity contribution >= 4 is 46.5 Å². The number of esters is 1. The van der Waals surface area contributed by atoms with Crippen LogP contribution in [0.3, 0.4) is 0 Å². The Hall–Kier alpha value is -4.68. The van der Waals surface area contributed by atoms with E-state index in [1.807, 2.05) is 0 Å². The van der Waals surface area contributed by atoms with Gasteiger partial charge in [-0.25, -0.2) is 4.79 Å². The number of carbonyl (C=O) groups excluding carboxylic acids is 5. The van der Waals surface area contributed by atoms with E-state index in [-0.39, 0.29) is 53.0 Å². The number of hydrogen-bond donors (Lipinski definition) is 5. The van der Waals surface area contributed by atoms with Crippen molar-refractivity contribution in [2.75, 3.05) is 7.11 Å². The Labute approximate surface area is 252 Å². The number of aromatic hydroxyl groups is 3. The van der Waals surface area contributed by atoms with Crippen molar-refractivity contribution in [1.82, 2.24) is 0 Å². The summed E-state index contributed by atoms with van der Waals surface area (Å²) in [6.07, 6.45) is 0.326. The lowest BCUT2D eigenvalue weighted by Crippen LogP contribution is -2.61. The van der Waals surface area contributed by atoms with Gasteiger partial charge in [0, 0.05) is 23.6 Å². The Morgan fingerprint density at radius 3 is 2.50 bits per heavy atom. The first-order valence-corrected chi connectivity index (χ1v) is 14.1. The Bertz CT molecular complexity index is 1870. The highest BCUT2D eigenvalue weighted by atomic mass is 35.5. The lowest BCUT2D eigenvalue weighted by Gasteiger charge is -2.46. The number of benzene rings is 2. The quantitative estimate of drug-likeness (QED) is 0.177. The fourth-order valence-electron chi connectivity index (χ4n) is 7.57. The summed E-state index contributed by atoms with van der Waals surface area (Å²) in [6.45, 7) is 0. The van der Waals surface area contributed by atoms with E-state index >= 15 is 0 Å². The summed E-state index contributed by atoms with van der Waals surface area (Å²) in [7, 11) is 1.00. The molecule has 5 N–H and O–H groups in total. The van der Waals surface area contributed by atoms with Crippen molar-refractivity contribution in [2.45, 2.75) is 43.3 Å². The van der Waals surface area contributed by atoms with Gasteiger partial charge in [0.25, 0.3) is 5.60 Å². The van der Waals surface area contributed by atoms with E-state index in [1.54, 1.807) is 0 Å². The topological polar surface area (TPSA) is 205 Å². The van der Waals surface area contributed by atoms with Crippen molar-refractivity contribution in [3.8, 4) is 23.0 Å². The van der Waals surface area contributed by atoms with E-state index in [2.05, 4.69) is 0 Å². The largest absolute Gasteiger partial charge is 0.508 e. The van der Waals surface area contributed by atoms with Crippen LogP contribution < -0.4 is 4.74 Å². The van der Waals surface area contributed by atoms with Crippen LogP contribution in [0.1, 0.15) is 62.6 Å². The molecule has 1 heterocycles. The molecule has 2 aromatic carbocycles. The maximum atomic E-state index is 14.1. The standard InChI is InChI=1S/C31H23ClO12/c1-43-29(42)31-16(36)3-2-14(34)20(31)26(40)19-25(39)17-11(22(32)27(19)44-31)4-6-30-7-5-12(17)23(37)21(30)24(38)13-8-10(33)9-15(35)18(13)28(30)41/h5,7-9,12,16,21,33,35-36,39-40H,2-4,6H2,1H3. The highest BCUT2D eigenvalue weighted by Gasteiger charge is 2.63. The summed E-state index contributed by atoms with van der Waals surface area (Å²) in [5.41, 5.74) is -5.99. The molecule has 6 aliphatic rings. The van der Waals surface area contributed by atoms with Gasteiger partial charge in [0.2, 0.25) is 0 Å². The molecule has 44 heavy (non-hydrogen) atoms. The van der Waals surface area contributed by atoms with Gasteiger partial charge in [-0.15, -0.1) is 0 Å². The summed E-state index contributed by atoms with van der Waals surface area (Å²) in [4.78, 5) is 68.0. The molecule has 1 fully saturated rings. The fourth-order valence-corrected chi connectivity index (χ4v) is 7.90. The molecule has 1 saturated carbocycles. The lowest BCUT2D eigenvalue weighted by molar-refractivity contribution is -0.169. The molecule has 5 aliphatic carbocycles. The molecule has 2 bridgehead atoms. The molecular weight excluding hydrogens is 600 g/mol. The van der Waals surface area contributed by atoms with Gasteiger partial charge in [-0.1, -0.05) is 23.8 Å². The number of halogens is 1. The first-order chi connectivity index (χ1) is 20.8. The first kappa shape index (κ1) is 28.1. The van der Waals surface area contributed by atoms with Crippen LogP contribution in [0.25, 0.3) is 5.76 Å². The number of allylic oxidation sites excluding steroid dienone is 2. The monoisotopic (exact) mass is 622 g/mol. The maximum absolute atomic E-state index is 14.1. The van der Waals surface area contributed by atoms with Crippen LogP contribution >= 0.6 is 11.6 Å². The predicted octanol–water partition coefficient (Wildman–Crippen LogP) is 2.60. The Balaban J connectivity index is 1.47. The van der Waals surface area contributed by atoms with Gasteiger partial charge in [0.15, 0.2) is 28.9 Å². The molecular formula is C31H23ClO12. The molecule has 0 aromatic heterocycles. The van der Waals surface area contributed by atoms with Crippen molar-refractivity contribution in [3.05, 3.63) is 62.7 Å². The number of carbonyl (C=O) groups is 5. The number of Topliss-reactive ketones (excluding diaryl/α,β-unsaturated/α-hetero) is 4. The number of phenolic OH excluding ortho intramolecular Hbond substituents is 3. The fraction of sp³-hybridized carbons (Fsp3) is 0.323. The van der Waals surface area contributed by atoms with Gasteiger partial charge in [-0.3, -0.25) is 19.2 Å². The third-order valence-electron chi connectivity index (χ3n) is 9.57. The SMILES string of the molecule is COC(=O)C12Oc3c(Cl)c4c(c(O)c3C(O)=C1C(=O)CCC2O)C1C=CC2(CC4)C(=O)c3c(O)cc(O)cc3C(=O)C2C1=O. The average molecular weight is 623 g/mol. The summed E-state index contributed by atoms with van der Waals surface area (Å²) in [6, 6.07) is 1.93. The summed E-state index contributed by atoms with van der Waals surface area (Å²) >= 11 is 6.84. The number of ketones is 4. The second-order valence-corrected chi connectivity index (χ2v) is 12.0. The third kappa shape index (κ3) is 3.13. The minimum absolute atomic E-state index is 0.0989. The molecule has 0 saturated heterocycles. The average Bonchev–Trinajstić information content (AvgIpc) is 2.96. The van der Waals surface area contributed by atoms with Crippen LogP contribution in [-0.2, 0) is 25.5 Å². The number of methoxy groups -OCH3 is 1. The van der Waals surface area contributed by atoms with Crippen molar-refractivity contribution in [3.63, 3.8) is 0 Å². The molecule has 12 nitrogen and oxygen atoms in total. The third-order valence-corrected chi connectivity index (χ3v) is 9.97. The normalized spacial score (nSPS) is 29.9. The van der Waals surface area contributed by atoms with Gasteiger partial charge in [-0.05, 0) is 30.9 Å². The van der Waals surface area contributed by atoms with Gasteiger partial charge in [-0.2, -0.15) is 0 Å². The molecule has 2 aromatic rings. The molecule has 5 unspecified atom stereocenters. The predicted molar refractivity (Wildman–Crippen MR) is 148 cm³/mol. The Morgan fingerprint density at radius 2 is 1.80 bits per heavy atom. The van der Waals surface area contributed by atoms with Gasteiger partial charge in [0.1, 0.15) is 34.7 Å². The molecule has 13 heteroatoms. The highest BCUT2D eigenvalue weighted by molar-refractivity contribution is 6.34. The molecule has 8 rings (SSSR count). The van der Waals surface area contributed by atoms with Crippen molar-refractivity contribution in [2.24, 2.45) is 11.3 Å². The number of aliphatic hydroxyl groups excluding tert-OH is 2. The van der Waals surface area contributed by atoms with Crippen LogP contribution in [0.5, 0.6) is 23.0 Å². The minimum Gasteiger partial charge on any atom is -0.508 e. The Morgan fingerprint density at radius 1 is 1.07 bits per heavy atom. The zero-order valence-electron chi connectivity index (χ0n) is 22.8. The molecule has 0 radical (unpaired) electrons. The number of phenols is 3. The molecule has 1 spiro atoms. The molecule has 5 atom stereocenters. The zero-order valence-corrected chi connectivity index (χ0v) is 23.6. The number of fused-ring (bicyclic) bond motifs is 4. The maximum Gasteiger partial charge on any atom is 0.358 e.